The van der Waals surface area contributed by atoms with Crippen LogP contribution in [0.15, 0.2) is 146 Å². The Labute approximate surface area is 448 Å². The highest BCUT2D eigenvalue weighted by molar-refractivity contribution is 7.82. The number of carbonyl (C=O) groups is 2. The van der Waals surface area contributed by atoms with E-state index in [2.05, 4.69) is 10.6 Å². The fourth-order valence-corrected chi connectivity index (χ4v) is 7.18. The second kappa shape index (κ2) is 26.2. The molecule has 2 N–H and O–H groups in total. The molecular formula is C52H48Cl2F2N4O8S4. The predicted molar refractivity (Wildman–Crippen MR) is 293 cm³/mol. The summed E-state index contributed by atoms with van der Waals surface area (Å²) in [5.74, 6) is 0.735. The van der Waals surface area contributed by atoms with E-state index in [9.17, 15) is 18.4 Å². The number of rotatable bonds is 10. The molecule has 0 saturated heterocycles. The number of ether oxygens (including phenoxy) is 6. The molecule has 20 heteroatoms. The first-order chi connectivity index (χ1) is 34.0. The average molecular weight is 1090 g/mol. The van der Waals surface area contributed by atoms with Crippen molar-refractivity contribution in [3.05, 3.63) is 178 Å². The van der Waals surface area contributed by atoms with E-state index in [1.165, 1.54) is 58.3 Å². The number of hydrogen-bond acceptors (Lipinski definition) is 12. The summed E-state index contributed by atoms with van der Waals surface area (Å²) in [4.78, 5) is 26.7. The molecule has 2 amide bonds. The maximum absolute atomic E-state index is 13.3. The summed E-state index contributed by atoms with van der Waals surface area (Å²) >= 11 is 34.0. The molecule has 376 valence electrons. The minimum Gasteiger partial charge on any atom is -0.444 e. The first-order valence-corrected chi connectivity index (χ1v) is 24.0. The second-order valence-electron chi connectivity index (χ2n) is 17.0. The van der Waals surface area contributed by atoms with E-state index in [-0.39, 0.29) is 33.8 Å². The molecule has 0 radical (unpaired) electrons. The number of amides is 2. The molecular weight excluding hydrogens is 1050 g/mol. The van der Waals surface area contributed by atoms with E-state index in [4.69, 9.17) is 100 Å². The SMILES string of the molecule is CC(C)(C)OC(=O)NCc1ccc(N(C(=S)Oc2ccc(Cl)cc2)C(=S)Oc2ccc(Cl)cc2)cc1.CC(C)(C)OC(=O)NCc1ccc(N(C(=S)Oc2ccc(F)cc2)C(=S)Oc2ccc(F)cc2)cc1. The number of anilines is 2. The van der Waals surface area contributed by atoms with Crippen LogP contribution in [0.1, 0.15) is 52.7 Å². The number of thiocarbonyl (C=S) groups is 4. The first kappa shape index (κ1) is 56.4. The van der Waals surface area contributed by atoms with E-state index in [1.54, 1.807) is 126 Å². The fourth-order valence-electron chi connectivity index (χ4n) is 5.67. The lowest BCUT2D eigenvalue weighted by atomic mass is 10.2. The Kier molecular flexibility index (Phi) is 20.5. The lowest BCUT2D eigenvalue weighted by molar-refractivity contribution is 0.0512. The molecule has 0 aromatic heterocycles. The van der Waals surface area contributed by atoms with Gasteiger partial charge in [0, 0.05) is 23.1 Å². The largest absolute Gasteiger partial charge is 0.444 e. The highest BCUT2D eigenvalue weighted by atomic mass is 35.5. The monoisotopic (exact) mass is 1090 g/mol. The first-order valence-electron chi connectivity index (χ1n) is 21.6. The third kappa shape index (κ3) is 19.2. The molecule has 12 nitrogen and oxygen atoms in total. The van der Waals surface area contributed by atoms with Crippen molar-refractivity contribution in [3.8, 4) is 23.0 Å². The van der Waals surface area contributed by atoms with Crippen LogP contribution in [-0.4, -0.2) is 44.1 Å². The van der Waals surface area contributed by atoms with Crippen molar-refractivity contribution in [2.45, 2.75) is 65.8 Å². The van der Waals surface area contributed by atoms with Gasteiger partial charge in [0.05, 0.1) is 11.4 Å². The number of benzene rings is 6. The number of nitrogens with zero attached hydrogens (tertiary/aromatic N) is 2. The van der Waals surface area contributed by atoms with Crippen molar-refractivity contribution in [3.63, 3.8) is 0 Å². The molecule has 6 aromatic carbocycles. The van der Waals surface area contributed by atoms with Gasteiger partial charge in [-0.1, -0.05) is 47.5 Å². The van der Waals surface area contributed by atoms with Crippen LogP contribution < -0.4 is 39.4 Å². The van der Waals surface area contributed by atoms with Crippen molar-refractivity contribution in [2.75, 3.05) is 9.80 Å². The van der Waals surface area contributed by atoms with Crippen LogP contribution in [0.5, 0.6) is 23.0 Å². The molecule has 0 aliphatic carbocycles. The molecule has 72 heavy (non-hydrogen) atoms. The Hall–Kier alpha value is -6.54. The number of alkyl carbamates (subject to hydrolysis) is 2. The van der Waals surface area contributed by atoms with Gasteiger partial charge in [-0.05, 0) is 223 Å². The van der Waals surface area contributed by atoms with Gasteiger partial charge in [-0.3, -0.25) is 0 Å². The standard InChI is InChI=1S/C26H24Cl2N2O4S2.C26H24F2N2O4S2/c2*1-26(2,3)34-23(31)29-16-17-4-10-20(11-5-17)30(24(35)32-21-12-6-18(27)7-13-21)25(36)33-22-14-8-19(28)9-15-22/h2*4-15H,16H2,1-3H3,(H,29,31). The minimum atomic E-state index is -0.602. The summed E-state index contributed by atoms with van der Waals surface area (Å²) in [6, 6.07) is 38.4. The van der Waals surface area contributed by atoms with E-state index in [0.717, 1.165) is 11.1 Å². The maximum atomic E-state index is 13.3. The Morgan fingerprint density at radius 1 is 0.444 bits per heavy atom. The van der Waals surface area contributed by atoms with Crippen molar-refractivity contribution in [1.82, 2.24) is 10.6 Å². The average Bonchev–Trinajstić information content (AvgIpc) is 3.31. The van der Waals surface area contributed by atoms with Crippen LogP contribution in [-0.2, 0) is 22.6 Å². The van der Waals surface area contributed by atoms with Gasteiger partial charge >= 0.3 is 12.2 Å². The van der Waals surface area contributed by atoms with E-state index < -0.39 is 35.0 Å². The normalized spacial score (nSPS) is 10.8. The maximum Gasteiger partial charge on any atom is 0.407 e. The van der Waals surface area contributed by atoms with Crippen LogP contribution in [0.4, 0.5) is 29.7 Å². The van der Waals surface area contributed by atoms with Gasteiger partial charge in [0.15, 0.2) is 0 Å². The van der Waals surface area contributed by atoms with Crippen LogP contribution in [0.25, 0.3) is 0 Å². The van der Waals surface area contributed by atoms with Gasteiger partial charge < -0.3 is 39.1 Å². The van der Waals surface area contributed by atoms with Gasteiger partial charge in [-0.25, -0.2) is 28.2 Å². The van der Waals surface area contributed by atoms with Crippen molar-refractivity contribution in [1.29, 1.82) is 0 Å². The zero-order chi connectivity index (χ0) is 52.6. The highest BCUT2D eigenvalue weighted by Gasteiger charge is 2.24. The fraction of sp³-hybridized carbons (Fsp3) is 0.192. The van der Waals surface area contributed by atoms with Gasteiger partial charge in [0.2, 0.25) is 0 Å². The summed E-state index contributed by atoms with van der Waals surface area (Å²) < 4.78 is 60.2. The van der Waals surface area contributed by atoms with Crippen molar-refractivity contribution in [2.24, 2.45) is 0 Å². The van der Waals surface area contributed by atoms with Gasteiger partial charge in [0.1, 0.15) is 45.8 Å². The third-order valence-corrected chi connectivity index (χ3v) is 10.4. The van der Waals surface area contributed by atoms with Gasteiger partial charge in [-0.15, -0.1) is 0 Å². The molecule has 0 unspecified atom stereocenters. The number of carbonyl (C=O) groups excluding carboxylic acids is 2. The summed E-state index contributed by atoms with van der Waals surface area (Å²) in [5, 5.41) is 6.51. The predicted octanol–water partition coefficient (Wildman–Crippen LogP) is 14.1. The summed E-state index contributed by atoms with van der Waals surface area (Å²) in [7, 11) is 0. The van der Waals surface area contributed by atoms with Crippen molar-refractivity contribution >= 4 is 116 Å². The molecule has 0 atom stereocenters. The van der Waals surface area contributed by atoms with Gasteiger partial charge in [-0.2, -0.15) is 0 Å². The zero-order valence-corrected chi connectivity index (χ0v) is 44.4. The number of nitrogens with one attached hydrogen (secondary N) is 2. The van der Waals surface area contributed by atoms with E-state index in [0.29, 0.717) is 44.4 Å². The number of halogens is 4. The minimum absolute atomic E-state index is 0.0518. The Morgan fingerprint density at radius 2 is 0.694 bits per heavy atom. The molecule has 0 aliphatic rings. The Balaban J connectivity index is 0.000000267. The van der Waals surface area contributed by atoms with Crippen LogP contribution in [0, 0.1) is 11.6 Å². The lowest BCUT2D eigenvalue weighted by Gasteiger charge is -2.25. The van der Waals surface area contributed by atoms with Crippen LogP contribution >= 0.6 is 72.1 Å². The summed E-state index contributed by atoms with van der Waals surface area (Å²) in [6.07, 6.45) is -1.03. The van der Waals surface area contributed by atoms with E-state index >= 15 is 0 Å². The number of hydrogen-bond donors (Lipinski definition) is 2. The van der Waals surface area contributed by atoms with Gasteiger partial charge in [0.25, 0.3) is 20.7 Å². The molecule has 0 saturated carbocycles. The molecule has 0 fully saturated rings. The smallest absolute Gasteiger partial charge is 0.407 e. The zero-order valence-electron chi connectivity index (χ0n) is 39.6. The highest BCUT2D eigenvalue weighted by Crippen LogP contribution is 2.25. The lowest BCUT2D eigenvalue weighted by Crippen LogP contribution is -2.40. The summed E-state index contributed by atoms with van der Waals surface area (Å²) in [5.41, 5.74) is 1.58. The van der Waals surface area contributed by atoms with Crippen molar-refractivity contribution < 1.29 is 46.8 Å². The summed E-state index contributed by atoms with van der Waals surface area (Å²) in [6.45, 7) is 11.3. The van der Waals surface area contributed by atoms with Crippen LogP contribution in [0.2, 0.25) is 10.0 Å². The van der Waals surface area contributed by atoms with E-state index in [1.807, 2.05) is 12.1 Å². The molecule has 0 bridgehead atoms. The van der Waals surface area contributed by atoms with Crippen LogP contribution in [0.3, 0.4) is 0 Å². The molecule has 6 aromatic rings. The molecule has 0 spiro atoms. The topological polar surface area (TPSA) is 120 Å². The third-order valence-electron chi connectivity index (χ3n) is 8.87. The molecule has 0 heterocycles. The quantitative estimate of drug-likeness (QED) is 0.127. The molecule has 6 rings (SSSR count). The Bertz CT molecular complexity index is 2500. The molecule has 0 aliphatic heterocycles. The second-order valence-corrected chi connectivity index (χ2v) is 19.3. The Morgan fingerprint density at radius 3 is 0.944 bits per heavy atom.